The zero-order chi connectivity index (χ0) is 25.4. The summed E-state index contributed by atoms with van der Waals surface area (Å²) in [5.74, 6) is -1.21. The van der Waals surface area contributed by atoms with E-state index in [9.17, 15) is 9.59 Å². The first-order chi connectivity index (χ1) is 16.8. The van der Waals surface area contributed by atoms with Gasteiger partial charge in [-0.05, 0) is 53.9 Å². The van der Waals surface area contributed by atoms with Crippen LogP contribution in [0, 0.1) is 5.41 Å². The molecule has 0 spiro atoms. The largest absolute Gasteiger partial charge is 0.330 e. The lowest BCUT2D eigenvalue weighted by Crippen LogP contribution is -2.32. The number of carbonyl (C=O) groups is 2. The molecule has 6 nitrogen and oxygen atoms in total. The predicted octanol–water partition coefficient (Wildman–Crippen LogP) is 5.39. The molecule has 1 atom stereocenters. The Bertz CT molecular complexity index is 1250. The van der Waals surface area contributed by atoms with Gasteiger partial charge < -0.3 is 16.4 Å². The van der Waals surface area contributed by atoms with E-state index in [2.05, 4.69) is 17.2 Å². The highest BCUT2D eigenvalue weighted by Gasteiger charge is 2.22. The van der Waals surface area contributed by atoms with E-state index in [0.717, 1.165) is 5.56 Å². The van der Waals surface area contributed by atoms with Crippen molar-refractivity contribution in [3.05, 3.63) is 106 Å². The topological polar surface area (TPSA) is 108 Å². The van der Waals surface area contributed by atoms with Crippen LogP contribution in [0.15, 0.2) is 73.3 Å². The molecule has 35 heavy (non-hydrogen) atoms. The molecule has 0 aliphatic carbocycles. The van der Waals surface area contributed by atoms with Crippen molar-refractivity contribution in [1.29, 1.82) is 5.41 Å². The summed E-state index contributed by atoms with van der Waals surface area (Å²) in [6.07, 6.45) is 2.14. The molecular formula is C27H26Cl2N4O2. The summed E-state index contributed by atoms with van der Waals surface area (Å²) < 4.78 is 0. The molecule has 3 rings (SSSR count). The van der Waals surface area contributed by atoms with Gasteiger partial charge in [-0.15, -0.1) is 0 Å². The van der Waals surface area contributed by atoms with Crippen molar-refractivity contribution in [3.63, 3.8) is 0 Å². The SMILES string of the molecule is C=Cc1ccc(NC(=O)C(CCN)c2ccc(Cl)c(Cl)c2)cc1C(=N)NC(=O)Cc1ccccc1. The maximum Gasteiger partial charge on any atom is 0.231 e. The van der Waals surface area contributed by atoms with E-state index >= 15 is 0 Å². The molecule has 2 amide bonds. The molecule has 0 fully saturated rings. The number of hydrogen-bond donors (Lipinski definition) is 4. The summed E-state index contributed by atoms with van der Waals surface area (Å²) in [6.45, 7) is 4.09. The first-order valence-electron chi connectivity index (χ1n) is 11.0. The molecule has 0 bridgehead atoms. The molecule has 0 aromatic heterocycles. The van der Waals surface area contributed by atoms with Crippen LogP contribution in [0.3, 0.4) is 0 Å². The Morgan fingerprint density at radius 1 is 1.03 bits per heavy atom. The van der Waals surface area contributed by atoms with E-state index in [-0.39, 0.29) is 24.1 Å². The van der Waals surface area contributed by atoms with Gasteiger partial charge in [0.2, 0.25) is 11.8 Å². The smallest absolute Gasteiger partial charge is 0.231 e. The highest BCUT2D eigenvalue weighted by atomic mass is 35.5. The van der Waals surface area contributed by atoms with E-state index in [4.69, 9.17) is 34.3 Å². The lowest BCUT2D eigenvalue weighted by Gasteiger charge is -2.18. The number of hydrogen-bond acceptors (Lipinski definition) is 4. The fraction of sp³-hybridized carbons (Fsp3) is 0.148. The molecule has 0 aliphatic rings. The number of anilines is 1. The molecule has 0 aliphatic heterocycles. The van der Waals surface area contributed by atoms with Crippen molar-refractivity contribution in [3.8, 4) is 0 Å². The quantitative estimate of drug-likeness (QED) is 0.229. The van der Waals surface area contributed by atoms with Gasteiger partial charge in [0.15, 0.2) is 0 Å². The number of halogens is 2. The van der Waals surface area contributed by atoms with Crippen molar-refractivity contribution < 1.29 is 9.59 Å². The third kappa shape index (κ3) is 7.02. The van der Waals surface area contributed by atoms with Crippen molar-refractivity contribution in [2.45, 2.75) is 18.8 Å². The number of rotatable bonds is 9. The zero-order valence-electron chi connectivity index (χ0n) is 19.0. The second kappa shape index (κ2) is 12.3. The fourth-order valence-corrected chi connectivity index (χ4v) is 3.94. The van der Waals surface area contributed by atoms with Gasteiger partial charge in [0.1, 0.15) is 5.84 Å². The van der Waals surface area contributed by atoms with E-state index in [0.29, 0.717) is 45.4 Å². The highest BCUT2D eigenvalue weighted by Crippen LogP contribution is 2.29. The third-order valence-electron chi connectivity index (χ3n) is 5.40. The molecule has 1 unspecified atom stereocenters. The minimum atomic E-state index is -0.540. The fourth-order valence-electron chi connectivity index (χ4n) is 3.64. The van der Waals surface area contributed by atoms with Crippen molar-refractivity contribution in [2.75, 3.05) is 11.9 Å². The second-order valence-electron chi connectivity index (χ2n) is 7.88. The molecule has 3 aromatic rings. The van der Waals surface area contributed by atoms with Crippen LogP contribution in [0.25, 0.3) is 6.08 Å². The molecule has 180 valence electrons. The maximum atomic E-state index is 13.1. The summed E-state index contributed by atoms with van der Waals surface area (Å²) in [4.78, 5) is 25.6. The van der Waals surface area contributed by atoms with Crippen molar-refractivity contribution >= 4 is 52.6 Å². The van der Waals surface area contributed by atoms with Gasteiger partial charge in [0.05, 0.1) is 22.4 Å². The van der Waals surface area contributed by atoms with Gasteiger partial charge in [-0.2, -0.15) is 0 Å². The average Bonchev–Trinajstić information content (AvgIpc) is 2.84. The monoisotopic (exact) mass is 508 g/mol. The standard InChI is InChI=1S/C27H26Cl2N4O2/c1-2-18-8-10-20(16-22(18)26(31)33-25(34)14-17-6-4-3-5-7-17)32-27(35)21(12-13-30)19-9-11-23(28)24(29)15-19/h2-11,15-16,21H,1,12-14,30H2,(H,32,35)(H2,31,33,34). The Morgan fingerprint density at radius 3 is 2.43 bits per heavy atom. The number of nitrogens with two attached hydrogens (primary N) is 1. The van der Waals surface area contributed by atoms with E-state index in [1.165, 1.54) is 0 Å². The van der Waals surface area contributed by atoms with Gasteiger partial charge >= 0.3 is 0 Å². The predicted molar refractivity (Wildman–Crippen MR) is 143 cm³/mol. The molecule has 0 heterocycles. The first-order valence-corrected chi connectivity index (χ1v) is 11.7. The number of benzene rings is 3. The number of amides is 2. The highest BCUT2D eigenvalue weighted by molar-refractivity contribution is 6.42. The molecule has 8 heteroatoms. The van der Waals surface area contributed by atoms with Crippen LogP contribution in [0.2, 0.25) is 10.0 Å². The Morgan fingerprint density at radius 2 is 1.77 bits per heavy atom. The van der Waals surface area contributed by atoms with Crippen LogP contribution in [-0.2, 0) is 16.0 Å². The summed E-state index contributed by atoms with van der Waals surface area (Å²) in [7, 11) is 0. The number of carbonyl (C=O) groups excluding carboxylic acids is 2. The van der Waals surface area contributed by atoms with Crippen LogP contribution >= 0.6 is 23.2 Å². The van der Waals surface area contributed by atoms with Crippen LogP contribution in [-0.4, -0.2) is 24.2 Å². The van der Waals surface area contributed by atoms with Crippen LogP contribution in [0.4, 0.5) is 5.69 Å². The van der Waals surface area contributed by atoms with E-state index in [1.54, 1.807) is 42.5 Å². The summed E-state index contributed by atoms with van der Waals surface area (Å²) in [6, 6.07) is 19.4. The Hall–Kier alpha value is -3.45. The number of amidine groups is 1. The Balaban J connectivity index is 1.78. The Kier molecular flexibility index (Phi) is 9.20. The summed E-state index contributed by atoms with van der Waals surface area (Å²) in [5.41, 5.74) is 8.85. The normalized spacial score (nSPS) is 11.4. The van der Waals surface area contributed by atoms with E-state index in [1.807, 2.05) is 30.3 Å². The maximum absolute atomic E-state index is 13.1. The molecule has 0 radical (unpaired) electrons. The van der Waals surface area contributed by atoms with Crippen molar-refractivity contribution in [1.82, 2.24) is 5.32 Å². The molecule has 3 aromatic carbocycles. The van der Waals surface area contributed by atoms with E-state index < -0.39 is 5.92 Å². The summed E-state index contributed by atoms with van der Waals surface area (Å²) >= 11 is 12.2. The molecule has 0 saturated carbocycles. The minimum absolute atomic E-state index is 0.0834. The van der Waals surface area contributed by atoms with Crippen LogP contribution in [0.1, 0.15) is 34.6 Å². The average molecular weight is 509 g/mol. The summed E-state index contributed by atoms with van der Waals surface area (Å²) in [5, 5.41) is 14.7. The first kappa shape index (κ1) is 26.2. The Labute approximate surface area is 214 Å². The van der Waals surface area contributed by atoms with Crippen LogP contribution < -0.4 is 16.4 Å². The van der Waals surface area contributed by atoms with Gasteiger partial charge in [-0.25, -0.2) is 0 Å². The van der Waals surface area contributed by atoms with Crippen LogP contribution in [0.5, 0.6) is 0 Å². The second-order valence-corrected chi connectivity index (χ2v) is 8.70. The minimum Gasteiger partial charge on any atom is -0.330 e. The van der Waals surface area contributed by atoms with Gasteiger partial charge in [-0.3, -0.25) is 15.0 Å². The number of nitrogens with one attached hydrogen (secondary N) is 3. The van der Waals surface area contributed by atoms with Gasteiger partial charge in [-0.1, -0.05) is 78.3 Å². The van der Waals surface area contributed by atoms with Gasteiger partial charge in [0.25, 0.3) is 0 Å². The molecular weight excluding hydrogens is 483 g/mol. The molecule has 0 saturated heterocycles. The zero-order valence-corrected chi connectivity index (χ0v) is 20.5. The van der Waals surface area contributed by atoms with Gasteiger partial charge in [0, 0.05) is 11.3 Å². The third-order valence-corrected chi connectivity index (χ3v) is 6.14. The molecule has 5 N–H and O–H groups in total. The lowest BCUT2D eigenvalue weighted by atomic mass is 9.94. The lowest BCUT2D eigenvalue weighted by molar-refractivity contribution is -0.119. The van der Waals surface area contributed by atoms with Crippen molar-refractivity contribution in [2.24, 2.45) is 5.73 Å².